The minimum Gasteiger partial charge on any atom is -0.307 e. The Bertz CT molecular complexity index is 281. The second kappa shape index (κ2) is 3.46. The van der Waals surface area contributed by atoms with Crippen LogP contribution >= 0.6 is 0 Å². The van der Waals surface area contributed by atoms with Crippen molar-refractivity contribution in [3.8, 4) is 0 Å². The summed E-state index contributed by atoms with van der Waals surface area (Å²) in [6.07, 6.45) is -0.0606. The normalized spacial score (nSPS) is 27.8. The molecular weight excluding hydrogens is 165 g/mol. The molecule has 1 heterocycles. The van der Waals surface area contributed by atoms with Crippen molar-refractivity contribution in [2.24, 2.45) is 0 Å². The quantitative estimate of drug-likeness (QED) is 0.698. The lowest BCUT2D eigenvalue weighted by atomic mass is 10.0. The lowest BCUT2D eigenvalue weighted by molar-refractivity contribution is 0.356. The van der Waals surface area contributed by atoms with Crippen LogP contribution in [0.1, 0.15) is 23.6 Å². The van der Waals surface area contributed by atoms with Crippen LogP contribution in [0.5, 0.6) is 0 Å². The van der Waals surface area contributed by atoms with Gasteiger partial charge >= 0.3 is 0 Å². The molecule has 2 heteroatoms. The standard InChI is InChI=1S/C11H14FN/c1-8-2-4-9(5-3-8)11-6-10(12)7-13-11/h2-5,10-11,13H,6-7H2,1H3. The molecule has 0 bridgehead atoms. The van der Waals surface area contributed by atoms with Crippen LogP contribution in [-0.2, 0) is 0 Å². The summed E-state index contributed by atoms with van der Waals surface area (Å²) in [4.78, 5) is 0. The van der Waals surface area contributed by atoms with Gasteiger partial charge in [0, 0.05) is 12.6 Å². The molecule has 0 spiro atoms. The molecule has 70 valence electrons. The van der Waals surface area contributed by atoms with E-state index in [1.165, 1.54) is 11.1 Å². The molecule has 0 radical (unpaired) electrons. The van der Waals surface area contributed by atoms with Crippen LogP contribution in [0, 0.1) is 6.92 Å². The maximum Gasteiger partial charge on any atom is 0.114 e. The van der Waals surface area contributed by atoms with E-state index >= 15 is 0 Å². The fraction of sp³-hybridized carbons (Fsp3) is 0.455. The van der Waals surface area contributed by atoms with Crippen LogP contribution in [0.3, 0.4) is 0 Å². The summed E-state index contributed by atoms with van der Waals surface area (Å²) in [6, 6.07) is 8.51. The zero-order chi connectivity index (χ0) is 9.26. The fourth-order valence-corrected chi connectivity index (χ4v) is 1.75. The van der Waals surface area contributed by atoms with Crippen molar-refractivity contribution in [3.05, 3.63) is 35.4 Å². The van der Waals surface area contributed by atoms with Crippen molar-refractivity contribution in [2.45, 2.75) is 25.6 Å². The summed E-state index contributed by atoms with van der Waals surface area (Å²) >= 11 is 0. The molecule has 0 aliphatic carbocycles. The van der Waals surface area contributed by atoms with Gasteiger partial charge in [-0.05, 0) is 18.9 Å². The molecule has 13 heavy (non-hydrogen) atoms. The highest BCUT2D eigenvalue weighted by atomic mass is 19.1. The number of nitrogens with one attached hydrogen (secondary N) is 1. The number of aryl methyl sites for hydroxylation is 1. The SMILES string of the molecule is Cc1ccc(C2CC(F)CN2)cc1. The minimum atomic E-state index is -0.675. The molecule has 2 unspecified atom stereocenters. The van der Waals surface area contributed by atoms with E-state index in [0.717, 1.165) is 0 Å². The van der Waals surface area contributed by atoms with E-state index in [-0.39, 0.29) is 6.04 Å². The maximum absolute atomic E-state index is 12.9. The number of rotatable bonds is 1. The van der Waals surface area contributed by atoms with Gasteiger partial charge in [0.1, 0.15) is 6.17 Å². The molecule has 0 aromatic heterocycles. The third kappa shape index (κ3) is 1.89. The summed E-state index contributed by atoms with van der Waals surface area (Å²) in [5.41, 5.74) is 2.45. The average Bonchev–Trinajstić information content (AvgIpc) is 2.53. The van der Waals surface area contributed by atoms with Gasteiger partial charge in [-0.25, -0.2) is 4.39 Å². The predicted octanol–water partition coefficient (Wildman–Crippen LogP) is 2.37. The molecule has 1 aliphatic rings. The van der Waals surface area contributed by atoms with Gasteiger partial charge in [-0.15, -0.1) is 0 Å². The Hall–Kier alpha value is -0.890. The Morgan fingerprint density at radius 3 is 2.54 bits per heavy atom. The second-order valence-corrected chi connectivity index (χ2v) is 3.70. The molecule has 0 amide bonds. The molecule has 1 fully saturated rings. The van der Waals surface area contributed by atoms with Crippen LogP contribution in [-0.4, -0.2) is 12.7 Å². The van der Waals surface area contributed by atoms with E-state index in [4.69, 9.17) is 0 Å². The van der Waals surface area contributed by atoms with Crippen molar-refractivity contribution < 1.29 is 4.39 Å². The molecule has 2 rings (SSSR count). The van der Waals surface area contributed by atoms with Gasteiger partial charge in [0.2, 0.25) is 0 Å². The molecular formula is C11H14FN. The smallest absolute Gasteiger partial charge is 0.114 e. The maximum atomic E-state index is 12.9. The predicted molar refractivity (Wildman–Crippen MR) is 51.4 cm³/mol. The molecule has 1 N–H and O–H groups in total. The van der Waals surface area contributed by atoms with E-state index in [2.05, 4.69) is 36.5 Å². The fourth-order valence-electron chi connectivity index (χ4n) is 1.75. The first-order valence-electron chi connectivity index (χ1n) is 4.70. The number of benzene rings is 1. The number of hydrogen-bond donors (Lipinski definition) is 1. The summed E-state index contributed by atoms with van der Waals surface area (Å²) in [7, 11) is 0. The van der Waals surface area contributed by atoms with Crippen LogP contribution in [0.25, 0.3) is 0 Å². The Kier molecular flexibility index (Phi) is 2.32. The first-order valence-corrected chi connectivity index (χ1v) is 4.70. The summed E-state index contributed by atoms with van der Waals surface area (Å²) < 4.78 is 12.9. The van der Waals surface area contributed by atoms with E-state index in [9.17, 15) is 4.39 Å². The number of hydrogen-bond acceptors (Lipinski definition) is 1. The average molecular weight is 179 g/mol. The van der Waals surface area contributed by atoms with Crippen molar-refractivity contribution >= 4 is 0 Å². The minimum absolute atomic E-state index is 0.218. The van der Waals surface area contributed by atoms with Gasteiger partial charge in [0.25, 0.3) is 0 Å². The highest BCUT2D eigenvalue weighted by molar-refractivity contribution is 5.24. The Labute approximate surface area is 78.0 Å². The Balaban J connectivity index is 2.13. The molecule has 1 aromatic carbocycles. The Morgan fingerprint density at radius 1 is 1.31 bits per heavy atom. The second-order valence-electron chi connectivity index (χ2n) is 3.70. The number of alkyl halides is 1. The highest BCUT2D eigenvalue weighted by Gasteiger charge is 2.24. The van der Waals surface area contributed by atoms with E-state index in [1.54, 1.807) is 0 Å². The van der Waals surface area contributed by atoms with Gasteiger partial charge in [-0.1, -0.05) is 29.8 Å². The third-order valence-electron chi connectivity index (χ3n) is 2.56. The third-order valence-corrected chi connectivity index (χ3v) is 2.56. The monoisotopic (exact) mass is 179 g/mol. The summed E-state index contributed by atoms with van der Waals surface area (Å²) in [5, 5.41) is 3.17. The summed E-state index contributed by atoms with van der Waals surface area (Å²) in [5.74, 6) is 0. The van der Waals surface area contributed by atoms with Crippen molar-refractivity contribution in [2.75, 3.05) is 6.54 Å². The molecule has 1 nitrogen and oxygen atoms in total. The van der Waals surface area contributed by atoms with Crippen LogP contribution in [0.15, 0.2) is 24.3 Å². The molecule has 1 aliphatic heterocycles. The zero-order valence-corrected chi connectivity index (χ0v) is 7.76. The highest BCUT2D eigenvalue weighted by Crippen LogP contribution is 2.24. The van der Waals surface area contributed by atoms with Gasteiger partial charge in [-0.2, -0.15) is 0 Å². The zero-order valence-electron chi connectivity index (χ0n) is 7.76. The van der Waals surface area contributed by atoms with Gasteiger partial charge < -0.3 is 5.32 Å². The molecule has 1 saturated heterocycles. The lowest BCUT2D eigenvalue weighted by Gasteiger charge is -2.09. The molecule has 2 atom stereocenters. The van der Waals surface area contributed by atoms with Crippen LogP contribution in [0.4, 0.5) is 4.39 Å². The van der Waals surface area contributed by atoms with Crippen molar-refractivity contribution in [1.29, 1.82) is 0 Å². The lowest BCUT2D eigenvalue weighted by Crippen LogP contribution is -2.13. The van der Waals surface area contributed by atoms with Crippen LogP contribution in [0.2, 0.25) is 0 Å². The number of halogens is 1. The topological polar surface area (TPSA) is 12.0 Å². The van der Waals surface area contributed by atoms with Gasteiger partial charge in [0.15, 0.2) is 0 Å². The first-order chi connectivity index (χ1) is 6.25. The summed E-state index contributed by atoms with van der Waals surface area (Å²) in [6.45, 7) is 2.56. The van der Waals surface area contributed by atoms with E-state index in [1.807, 2.05) is 0 Å². The van der Waals surface area contributed by atoms with E-state index in [0.29, 0.717) is 13.0 Å². The van der Waals surface area contributed by atoms with Crippen LogP contribution < -0.4 is 5.32 Å². The van der Waals surface area contributed by atoms with Gasteiger partial charge in [0.05, 0.1) is 0 Å². The largest absolute Gasteiger partial charge is 0.307 e. The Morgan fingerprint density at radius 2 is 2.00 bits per heavy atom. The van der Waals surface area contributed by atoms with E-state index < -0.39 is 6.17 Å². The van der Waals surface area contributed by atoms with Crippen molar-refractivity contribution in [1.82, 2.24) is 5.32 Å². The molecule has 0 saturated carbocycles. The first kappa shape index (κ1) is 8.70. The van der Waals surface area contributed by atoms with Crippen molar-refractivity contribution in [3.63, 3.8) is 0 Å². The molecule has 1 aromatic rings. The van der Waals surface area contributed by atoms with Gasteiger partial charge in [-0.3, -0.25) is 0 Å².